The second-order valence-corrected chi connectivity index (χ2v) is 9.21. The van der Waals surface area contributed by atoms with E-state index in [-0.39, 0.29) is 23.2 Å². The number of pyridine rings is 1. The summed E-state index contributed by atoms with van der Waals surface area (Å²) in [5, 5.41) is 13.6. The zero-order chi connectivity index (χ0) is 27.4. The van der Waals surface area contributed by atoms with E-state index in [1.807, 2.05) is 18.2 Å². The van der Waals surface area contributed by atoms with Crippen molar-refractivity contribution in [2.45, 2.75) is 6.92 Å². The Morgan fingerprint density at radius 2 is 1.90 bits per heavy atom. The highest BCUT2D eigenvalue weighted by atomic mass is 35.5. The second kappa shape index (κ2) is 11.5. The molecule has 1 aliphatic heterocycles. The van der Waals surface area contributed by atoms with Crippen molar-refractivity contribution in [3.05, 3.63) is 83.0 Å². The highest BCUT2D eigenvalue weighted by Gasteiger charge is 2.18. The molecule has 200 valence electrons. The first-order valence-electron chi connectivity index (χ1n) is 12.1. The lowest BCUT2D eigenvalue weighted by atomic mass is 10.0. The SMILES string of the molecule is Cc1nc(C(=O)NNc2ncc(F)c(N3CCOCC3)n2)ccc1Nc1cc(Cl)cc(-c2cccc(O)c2)c1. The zero-order valence-corrected chi connectivity index (χ0v) is 21.7. The third-order valence-electron chi connectivity index (χ3n) is 6.00. The Bertz CT molecular complexity index is 1510. The summed E-state index contributed by atoms with van der Waals surface area (Å²) in [4.78, 5) is 27.0. The molecule has 4 aromatic rings. The molecule has 0 atom stereocenters. The Morgan fingerprint density at radius 3 is 2.67 bits per heavy atom. The van der Waals surface area contributed by atoms with Crippen molar-refractivity contribution in [1.29, 1.82) is 0 Å². The number of nitrogens with one attached hydrogen (secondary N) is 3. The predicted molar refractivity (Wildman–Crippen MR) is 147 cm³/mol. The Labute approximate surface area is 228 Å². The maximum Gasteiger partial charge on any atom is 0.288 e. The van der Waals surface area contributed by atoms with Gasteiger partial charge in [0.05, 0.1) is 30.8 Å². The molecule has 0 bridgehead atoms. The molecule has 10 nitrogen and oxygen atoms in total. The van der Waals surface area contributed by atoms with Crippen LogP contribution in [0.2, 0.25) is 5.02 Å². The first kappa shape index (κ1) is 26.1. The van der Waals surface area contributed by atoms with E-state index in [0.717, 1.165) is 17.3 Å². The van der Waals surface area contributed by atoms with Gasteiger partial charge in [-0.05, 0) is 60.5 Å². The number of aromatic hydroxyl groups is 1. The fraction of sp³-hybridized carbons (Fsp3) is 0.185. The standard InChI is InChI=1S/C27H25ClFN7O3/c1-16-23(32-20-12-18(11-19(28)14-20)17-3-2-4-21(37)13-17)5-6-24(31-16)26(38)34-35-27-30-15-22(29)25(33-27)36-7-9-39-10-8-36/h2-6,11-15,32,37H,7-10H2,1H3,(H,34,38)(H,30,33,35). The number of phenolic OH excluding ortho intramolecular Hbond substituents is 1. The van der Waals surface area contributed by atoms with Gasteiger partial charge in [0.15, 0.2) is 11.6 Å². The molecule has 0 radical (unpaired) electrons. The van der Waals surface area contributed by atoms with Crippen LogP contribution in [0, 0.1) is 12.7 Å². The number of benzene rings is 2. The monoisotopic (exact) mass is 549 g/mol. The van der Waals surface area contributed by atoms with Gasteiger partial charge in [0, 0.05) is 23.8 Å². The summed E-state index contributed by atoms with van der Waals surface area (Å²) in [6.07, 6.45) is 1.05. The summed E-state index contributed by atoms with van der Waals surface area (Å²) < 4.78 is 19.5. The van der Waals surface area contributed by atoms with Crippen LogP contribution in [0.1, 0.15) is 16.2 Å². The Hall–Kier alpha value is -4.48. The van der Waals surface area contributed by atoms with Crippen LogP contribution in [0.25, 0.3) is 11.1 Å². The summed E-state index contributed by atoms with van der Waals surface area (Å²) in [6, 6.07) is 15.7. The highest BCUT2D eigenvalue weighted by molar-refractivity contribution is 6.31. The average molecular weight is 550 g/mol. The minimum Gasteiger partial charge on any atom is -0.508 e. The normalized spacial score (nSPS) is 13.2. The summed E-state index contributed by atoms with van der Waals surface area (Å²) in [5.41, 5.74) is 8.90. The molecular weight excluding hydrogens is 525 g/mol. The van der Waals surface area contributed by atoms with Crippen LogP contribution < -0.4 is 21.1 Å². The Morgan fingerprint density at radius 1 is 1.08 bits per heavy atom. The van der Waals surface area contributed by atoms with Crippen molar-refractivity contribution >= 4 is 40.6 Å². The van der Waals surface area contributed by atoms with E-state index >= 15 is 0 Å². The van der Waals surface area contributed by atoms with Crippen LogP contribution in [0.5, 0.6) is 5.75 Å². The molecule has 12 heteroatoms. The van der Waals surface area contributed by atoms with E-state index < -0.39 is 11.7 Å². The summed E-state index contributed by atoms with van der Waals surface area (Å²) >= 11 is 6.34. The summed E-state index contributed by atoms with van der Waals surface area (Å²) in [5.74, 6) is -0.719. The molecule has 39 heavy (non-hydrogen) atoms. The van der Waals surface area contributed by atoms with Crippen LogP contribution >= 0.6 is 11.6 Å². The molecule has 2 aromatic carbocycles. The number of phenols is 1. The van der Waals surface area contributed by atoms with Crippen LogP contribution in [-0.2, 0) is 4.74 Å². The molecular formula is C27H25ClFN7O3. The second-order valence-electron chi connectivity index (χ2n) is 8.78. The van der Waals surface area contributed by atoms with Crippen molar-refractivity contribution in [2.24, 2.45) is 0 Å². The van der Waals surface area contributed by atoms with E-state index in [4.69, 9.17) is 16.3 Å². The molecule has 1 saturated heterocycles. The number of rotatable bonds is 7. The maximum atomic E-state index is 14.2. The van der Waals surface area contributed by atoms with Crippen molar-refractivity contribution in [3.8, 4) is 16.9 Å². The number of carbonyl (C=O) groups is 1. The smallest absolute Gasteiger partial charge is 0.288 e. The minimum atomic E-state index is -0.553. The van der Waals surface area contributed by atoms with Crippen molar-refractivity contribution in [3.63, 3.8) is 0 Å². The van der Waals surface area contributed by atoms with E-state index in [1.165, 1.54) is 0 Å². The summed E-state index contributed by atoms with van der Waals surface area (Å²) in [6.45, 7) is 3.75. The molecule has 3 heterocycles. The number of aryl methyl sites for hydroxylation is 1. The van der Waals surface area contributed by atoms with Crippen molar-refractivity contribution in [2.75, 3.05) is 41.9 Å². The number of morpholine rings is 1. The molecule has 1 fully saturated rings. The molecule has 0 aliphatic carbocycles. The predicted octanol–water partition coefficient (Wildman–Crippen LogP) is 4.68. The number of hydrogen-bond acceptors (Lipinski definition) is 9. The van der Waals surface area contributed by atoms with Crippen LogP contribution in [0.15, 0.2) is 60.8 Å². The molecule has 0 unspecified atom stereocenters. The quantitative estimate of drug-likeness (QED) is 0.243. The van der Waals surface area contributed by atoms with E-state index in [0.29, 0.717) is 48.4 Å². The molecule has 0 saturated carbocycles. The van der Waals surface area contributed by atoms with Gasteiger partial charge in [-0.2, -0.15) is 4.98 Å². The number of carbonyl (C=O) groups excluding carboxylic acids is 1. The lowest BCUT2D eigenvalue weighted by Crippen LogP contribution is -2.38. The van der Waals surface area contributed by atoms with E-state index in [1.54, 1.807) is 48.2 Å². The lowest BCUT2D eigenvalue weighted by molar-refractivity contribution is 0.0957. The maximum absolute atomic E-state index is 14.2. The number of aromatic nitrogens is 3. The van der Waals surface area contributed by atoms with Gasteiger partial charge in [0.2, 0.25) is 5.95 Å². The number of halogens is 2. The molecule has 0 spiro atoms. The molecule has 4 N–H and O–H groups in total. The number of amides is 1. The number of hydrogen-bond donors (Lipinski definition) is 4. The molecule has 1 amide bonds. The Balaban J connectivity index is 1.26. The van der Waals surface area contributed by atoms with Gasteiger partial charge >= 0.3 is 0 Å². The first-order chi connectivity index (χ1) is 18.9. The molecule has 5 rings (SSSR count). The number of hydrazine groups is 1. The van der Waals surface area contributed by atoms with E-state index in [2.05, 4.69) is 31.1 Å². The van der Waals surface area contributed by atoms with Gasteiger partial charge in [0.1, 0.15) is 11.4 Å². The highest BCUT2D eigenvalue weighted by Crippen LogP contribution is 2.31. The molecule has 2 aromatic heterocycles. The van der Waals surface area contributed by atoms with Crippen LogP contribution in [-0.4, -0.2) is 52.3 Å². The summed E-state index contributed by atoms with van der Waals surface area (Å²) in [7, 11) is 0. The van der Waals surface area contributed by atoms with Gasteiger partial charge < -0.3 is 20.1 Å². The van der Waals surface area contributed by atoms with Gasteiger partial charge in [-0.15, -0.1) is 0 Å². The van der Waals surface area contributed by atoms with Crippen molar-refractivity contribution < 1.29 is 19.0 Å². The van der Waals surface area contributed by atoms with Crippen molar-refractivity contribution in [1.82, 2.24) is 20.4 Å². The largest absolute Gasteiger partial charge is 0.508 e. The average Bonchev–Trinajstić information content (AvgIpc) is 2.93. The third kappa shape index (κ3) is 6.33. The van der Waals surface area contributed by atoms with Gasteiger partial charge in [-0.25, -0.2) is 14.4 Å². The van der Waals surface area contributed by atoms with Crippen LogP contribution in [0.4, 0.5) is 27.5 Å². The van der Waals surface area contributed by atoms with Gasteiger partial charge in [-0.3, -0.25) is 15.6 Å². The minimum absolute atomic E-state index is 0.0461. The first-order valence-corrected chi connectivity index (χ1v) is 12.5. The number of anilines is 4. The topological polar surface area (TPSA) is 125 Å². The molecule has 1 aliphatic rings. The van der Waals surface area contributed by atoms with Gasteiger partial charge in [0.25, 0.3) is 5.91 Å². The fourth-order valence-corrected chi connectivity index (χ4v) is 4.32. The van der Waals surface area contributed by atoms with E-state index in [9.17, 15) is 14.3 Å². The Kier molecular flexibility index (Phi) is 7.71. The number of nitrogens with zero attached hydrogens (tertiary/aromatic N) is 4. The third-order valence-corrected chi connectivity index (χ3v) is 6.22. The zero-order valence-electron chi connectivity index (χ0n) is 20.9. The van der Waals surface area contributed by atoms with Gasteiger partial charge in [-0.1, -0.05) is 23.7 Å². The number of ether oxygens (including phenoxy) is 1. The fourth-order valence-electron chi connectivity index (χ4n) is 4.08. The lowest BCUT2D eigenvalue weighted by Gasteiger charge is -2.28. The van der Waals surface area contributed by atoms with Crippen LogP contribution in [0.3, 0.4) is 0 Å².